The Morgan fingerprint density at radius 3 is 2.46 bits per heavy atom. The van der Waals surface area contributed by atoms with E-state index in [0.717, 1.165) is 23.0 Å². The highest BCUT2D eigenvalue weighted by atomic mass is 16.4. The first-order chi connectivity index (χ1) is 12.6. The van der Waals surface area contributed by atoms with Gasteiger partial charge in [-0.25, -0.2) is 4.79 Å². The van der Waals surface area contributed by atoms with Crippen LogP contribution in [-0.4, -0.2) is 21.9 Å². The largest absolute Gasteiger partial charge is 0.478 e. The lowest BCUT2D eigenvalue weighted by Crippen LogP contribution is -2.02. The normalized spacial score (nSPS) is 10.6. The number of hydrazone groups is 1. The van der Waals surface area contributed by atoms with Crippen LogP contribution in [0.4, 0.5) is 5.69 Å². The summed E-state index contributed by atoms with van der Waals surface area (Å²) in [5, 5.41) is 14.5. The first-order valence-electron chi connectivity index (χ1n) is 8.81. The number of hydrogen-bond acceptors (Lipinski definition) is 3. The Balaban J connectivity index is 0.000000758. The smallest absolute Gasteiger partial charge is 0.337 e. The lowest BCUT2D eigenvalue weighted by molar-refractivity contribution is 0.0698. The van der Waals surface area contributed by atoms with Gasteiger partial charge in [0.2, 0.25) is 0 Å². The van der Waals surface area contributed by atoms with E-state index >= 15 is 0 Å². The summed E-state index contributed by atoms with van der Waals surface area (Å²) in [6.45, 7) is 7.22. The standard InChI is InChI=1S/C18H17N3O2.C3H8/c1-2-21-12-13(14-7-4-6-10-17(14)21)11-19-20-16-9-5-3-8-15(16)18(22)23;1-3-2/h3-12,20H,2H2,1H3,(H,22,23);3H2,1-2H3/b19-11-;. The first kappa shape index (κ1) is 19.2. The summed E-state index contributed by atoms with van der Waals surface area (Å²) in [5.41, 5.74) is 5.62. The van der Waals surface area contributed by atoms with Crippen LogP contribution in [0.25, 0.3) is 10.9 Å². The summed E-state index contributed by atoms with van der Waals surface area (Å²) >= 11 is 0. The van der Waals surface area contributed by atoms with E-state index in [2.05, 4.69) is 41.9 Å². The molecule has 0 bridgehead atoms. The molecule has 5 nitrogen and oxygen atoms in total. The van der Waals surface area contributed by atoms with Crippen molar-refractivity contribution in [3.63, 3.8) is 0 Å². The highest BCUT2D eigenvalue weighted by Crippen LogP contribution is 2.20. The molecule has 0 saturated heterocycles. The summed E-state index contributed by atoms with van der Waals surface area (Å²) in [6, 6.07) is 14.8. The number of rotatable bonds is 5. The number of para-hydroxylation sites is 2. The third-order valence-electron chi connectivity index (χ3n) is 3.71. The van der Waals surface area contributed by atoms with Gasteiger partial charge in [0.1, 0.15) is 0 Å². The Morgan fingerprint density at radius 2 is 1.77 bits per heavy atom. The fourth-order valence-electron chi connectivity index (χ4n) is 2.58. The van der Waals surface area contributed by atoms with Gasteiger partial charge in [0, 0.05) is 29.2 Å². The van der Waals surface area contributed by atoms with Crippen molar-refractivity contribution in [2.45, 2.75) is 33.7 Å². The minimum Gasteiger partial charge on any atom is -0.478 e. The Morgan fingerprint density at radius 1 is 1.12 bits per heavy atom. The molecule has 0 atom stereocenters. The van der Waals surface area contributed by atoms with Crippen molar-refractivity contribution in [1.29, 1.82) is 0 Å². The van der Waals surface area contributed by atoms with Gasteiger partial charge >= 0.3 is 5.97 Å². The van der Waals surface area contributed by atoms with Crippen LogP contribution in [-0.2, 0) is 6.54 Å². The van der Waals surface area contributed by atoms with E-state index in [0.29, 0.717) is 5.69 Å². The molecule has 3 aromatic rings. The molecule has 26 heavy (non-hydrogen) atoms. The molecule has 2 aromatic carbocycles. The van der Waals surface area contributed by atoms with Crippen LogP contribution in [0, 0.1) is 0 Å². The highest BCUT2D eigenvalue weighted by molar-refractivity contribution is 6.00. The zero-order chi connectivity index (χ0) is 18.9. The van der Waals surface area contributed by atoms with Crippen molar-refractivity contribution in [2.24, 2.45) is 5.10 Å². The third kappa shape index (κ3) is 4.51. The van der Waals surface area contributed by atoms with Crippen LogP contribution in [0.5, 0.6) is 0 Å². The highest BCUT2D eigenvalue weighted by Gasteiger charge is 2.08. The zero-order valence-corrected chi connectivity index (χ0v) is 15.4. The van der Waals surface area contributed by atoms with Gasteiger partial charge in [-0.05, 0) is 25.1 Å². The van der Waals surface area contributed by atoms with Crippen molar-refractivity contribution in [3.05, 3.63) is 65.9 Å². The molecular weight excluding hydrogens is 326 g/mol. The molecule has 0 aliphatic rings. The molecule has 2 N–H and O–H groups in total. The number of aromatic nitrogens is 1. The Hall–Kier alpha value is -3.08. The van der Waals surface area contributed by atoms with E-state index in [1.807, 2.05) is 24.4 Å². The van der Waals surface area contributed by atoms with Crippen LogP contribution in [0.1, 0.15) is 43.1 Å². The third-order valence-corrected chi connectivity index (χ3v) is 3.71. The second kappa shape index (κ2) is 9.42. The summed E-state index contributed by atoms with van der Waals surface area (Å²) in [4.78, 5) is 11.2. The van der Waals surface area contributed by atoms with Gasteiger partial charge in [0.15, 0.2) is 0 Å². The van der Waals surface area contributed by atoms with E-state index in [4.69, 9.17) is 5.11 Å². The fourth-order valence-corrected chi connectivity index (χ4v) is 2.58. The van der Waals surface area contributed by atoms with Crippen LogP contribution < -0.4 is 5.43 Å². The van der Waals surface area contributed by atoms with Gasteiger partial charge in [-0.1, -0.05) is 50.6 Å². The van der Waals surface area contributed by atoms with Gasteiger partial charge < -0.3 is 9.67 Å². The van der Waals surface area contributed by atoms with Crippen LogP contribution in [0.15, 0.2) is 59.8 Å². The second-order valence-electron chi connectivity index (χ2n) is 5.82. The minimum atomic E-state index is -0.981. The van der Waals surface area contributed by atoms with E-state index in [9.17, 15) is 4.79 Å². The predicted molar refractivity (Wildman–Crippen MR) is 108 cm³/mol. The number of carboxylic acids is 1. The number of nitrogens with zero attached hydrogens (tertiary/aromatic N) is 2. The van der Waals surface area contributed by atoms with Crippen molar-refractivity contribution in [1.82, 2.24) is 4.57 Å². The molecule has 0 fully saturated rings. The summed E-state index contributed by atoms with van der Waals surface area (Å²) < 4.78 is 2.15. The van der Waals surface area contributed by atoms with Gasteiger partial charge in [0.25, 0.3) is 0 Å². The van der Waals surface area contributed by atoms with Crippen molar-refractivity contribution < 1.29 is 9.90 Å². The van der Waals surface area contributed by atoms with E-state index in [-0.39, 0.29) is 5.56 Å². The fraction of sp³-hybridized carbons (Fsp3) is 0.238. The van der Waals surface area contributed by atoms with Crippen LogP contribution in [0.2, 0.25) is 0 Å². The second-order valence-corrected chi connectivity index (χ2v) is 5.82. The molecule has 5 heteroatoms. The zero-order valence-electron chi connectivity index (χ0n) is 15.4. The average molecular weight is 351 g/mol. The number of nitrogens with one attached hydrogen (secondary N) is 1. The summed E-state index contributed by atoms with van der Waals surface area (Å²) in [6.07, 6.45) is 5.01. The van der Waals surface area contributed by atoms with Crippen LogP contribution >= 0.6 is 0 Å². The Bertz CT molecular complexity index is 897. The summed E-state index contributed by atoms with van der Waals surface area (Å²) in [5.74, 6) is -0.981. The Kier molecular flexibility index (Phi) is 6.97. The molecule has 0 unspecified atom stereocenters. The number of carbonyl (C=O) groups is 1. The van der Waals surface area contributed by atoms with Crippen molar-refractivity contribution >= 4 is 28.8 Å². The maximum Gasteiger partial charge on any atom is 0.337 e. The number of benzene rings is 2. The van der Waals surface area contributed by atoms with E-state index in [1.165, 1.54) is 6.42 Å². The lowest BCUT2D eigenvalue weighted by atomic mass is 10.2. The topological polar surface area (TPSA) is 66.6 Å². The number of hydrogen-bond donors (Lipinski definition) is 2. The first-order valence-corrected chi connectivity index (χ1v) is 8.81. The number of carboxylic acid groups (broad SMARTS) is 1. The molecular formula is C21H25N3O2. The molecule has 0 aliphatic carbocycles. The molecule has 136 valence electrons. The van der Waals surface area contributed by atoms with Crippen LogP contribution in [0.3, 0.4) is 0 Å². The minimum absolute atomic E-state index is 0.195. The number of aromatic carboxylic acids is 1. The molecule has 0 spiro atoms. The Labute approximate surface area is 154 Å². The molecule has 1 aromatic heterocycles. The SMILES string of the molecule is CCC.CCn1cc(/C=N\Nc2ccccc2C(=O)O)c2ccccc21. The monoisotopic (exact) mass is 351 g/mol. The van der Waals surface area contributed by atoms with Crippen molar-refractivity contribution in [3.8, 4) is 0 Å². The summed E-state index contributed by atoms with van der Waals surface area (Å²) in [7, 11) is 0. The van der Waals surface area contributed by atoms with Gasteiger partial charge in [-0.2, -0.15) is 5.10 Å². The maximum absolute atomic E-state index is 11.2. The van der Waals surface area contributed by atoms with Gasteiger partial charge in [-0.3, -0.25) is 5.43 Å². The van der Waals surface area contributed by atoms with E-state index in [1.54, 1.807) is 30.5 Å². The number of fused-ring (bicyclic) bond motifs is 1. The average Bonchev–Trinajstić information content (AvgIpc) is 3.01. The number of aryl methyl sites for hydroxylation is 1. The predicted octanol–water partition coefficient (Wildman–Crippen LogP) is 5.22. The maximum atomic E-state index is 11.2. The van der Waals surface area contributed by atoms with Gasteiger partial charge in [-0.15, -0.1) is 0 Å². The lowest BCUT2D eigenvalue weighted by Gasteiger charge is -2.03. The van der Waals surface area contributed by atoms with E-state index < -0.39 is 5.97 Å². The molecule has 0 amide bonds. The molecule has 0 aliphatic heterocycles. The van der Waals surface area contributed by atoms with Gasteiger partial charge in [0.05, 0.1) is 17.5 Å². The molecule has 0 saturated carbocycles. The quantitative estimate of drug-likeness (QED) is 0.489. The van der Waals surface area contributed by atoms with Crippen molar-refractivity contribution in [2.75, 3.05) is 5.43 Å². The molecule has 1 heterocycles. The number of anilines is 1. The molecule has 0 radical (unpaired) electrons. The molecule has 3 rings (SSSR count).